The van der Waals surface area contributed by atoms with Gasteiger partial charge in [-0.3, -0.25) is 4.79 Å². The Balaban J connectivity index is 2.31. The molecule has 2 rings (SSSR count). The Morgan fingerprint density at radius 3 is 2.68 bits per heavy atom. The van der Waals surface area contributed by atoms with Gasteiger partial charge in [0, 0.05) is 12.2 Å². The van der Waals surface area contributed by atoms with Gasteiger partial charge in [0.25, 0.3) is 0 Å². The van der Waals surface area contributed by atoms with E-state index in [1.165, 1.54) is 6.07 Å². The molecule has 2 N–H and O–H groups in total. The van der Waals surface area contributed by atoms with E-state index in [4.69, 9.17) is 0 Å². The van der Waals surface area contributed by atoms with Crippen LogP contribution in [0.2, 0.25) is 0 Å². The first-order valence-corrected chi connectivity index (χ1v) is 7.74. The lowest BCUT2D eigenvalue weighted by molar-refractivity contribution is -0.116. The molecule has 1 atom stereocenters. The van der Waals surface area contributed by atoms with Crippen molar-refractivity contribution in [1.82, 2.24) is 4.72 Å². The molecule has 104 valence electrons. The van der Waals surface area contributed by atoms with E-state index in [9.17, 15) is 13.2 Å². The minimum atomic E-state index is -3.51. The van der Waals surface area contributed by atoms with Crippen LogP contribution in [0.1, 0.15) is 32.3 Å². The van der Waals surface area contributed by atoms with Crippen molar-refractivity contribution in [3.63, 3.8) is 0 Å². The van der Waals surface area contributed by atoms with Crippen molar-refractivity contribution in [1.29, 1.82) is 0 Å². The molecule has 1 aromatic rings. The first-order chi connectivity index (χ1) is 8.81. The van der Waals surface area contributed by atoms with Gasteiger partial charge >= 0.3 is 0 Å². The molecule has 0 saturated heterocycles. The van der Waals surface area contributed by atoms with E-state index in [1.807, 2.05) is 13.8 Å². The fraction of sp³-hybridized carbons (Fsp3) is 0.462. The first kappa shape index (κ1) is 14.0. The number of carbonyl (C=O) groups is 1. The summed E-state index contributed by atoms with van der Waals surface area (Å²) >= 11 is 0. The van der Waals surface area contributed by atoms with Gasteiger partial charge in [-0.25, -0.2) is 13.1 Å². The molecule has 1 aliphatic rings. The smallest absolute Gasteiger partial charge is 0.240 e. The van der Waals surface area contributed by atoms with E-state index < -0.39 is 10.0 Å². The van der Waals surface area contributed by atoms with Crippen LogP contribution in [-0.4, -0.2) is 20.9 Å². The Bertz CT molecular complexity index is 608. The number of nitrogens with one attached hydrogen (secondary N) is 2. The zero-order valence-electron chi connectivity index (χ0n) is 11.2. The molecule has 0 bridgehead atoms. The lowest BCUT2D eigenvalue weighted by Crippen LogP contribution is -2.27. The number of anilines is 1. The Kier molecular flexibility index (Phi) is 3.64. The minimum absolute atomic E-state index is 0.0975. The van der Waals surface area contributed by atoms with Gasteiger partial charge in [0.15, 0.2) is 0 Å². The molecular formula is C13H18N2O3S. The summed E-state index contributed by atoms with van der Waals surface area (Å²) in [7, 11) is -3.51. The first-order valence-electron chi connectivity index (χ1n) is 6.25. The second-order valence-electron chi connectivity index (χ2n) is 5.21. The molecule has 0 spiro atoms. The summed E-state index contributed by atoms with van der Waals surface area (Å²) in [5.74, 6) is -0.165. The molecule has 0 aliphatic carbocycles. The van der Waals surface area contributed by atoms with Crippen LogP contribution in [-0.2, 0) is 14.8 Å². The summed E-state index contributed by atoms with van der Waals surface area (Å²) < 4.78 is 26.8. The second-order valence-corrected chi connectivity index (χ2v) is 6.97. The quantitative estimate of drug-likeness (QED) is 0.882. The van der Waals surface area contributed by atoms with Crippen LogP contribution in [0.5, 0.6) is 0 Å². The second kappa shape index (κ2) is 4.94. The van der Waals surface area contributed by atoms with Crippen molar-refractivity contribution in [2.75, 3.05) is 11.9 Å². The van der Waals surface area contributed by atoms with Crippen LogP contribution in [0.3, 0.4) is 0 Å². The zero-order chi connectivity index (χ0) is 14.2. The van der Waals surface area contributed by atoms with Crippen LogP contribution in [0.15, 0.2) is 23.1 Å². The number of hydrogen-bond donors (Lipinski definition) is 2. The molecule has 6 heteroatoms. The van der Waals surface area contributed by atoms with Gasteiger partial charge in [0.05, 0.1) is 10.8 Å². The third kappa shape index (κ3) is 2.79. The number of carbonyl (C=O) groups excluding carboxylic acids is 1. The molecule has 0 aromatic heterocycles. The molecule has 5 nitrogen and oxygen atoms in total. The summed E-state index contributed by atoms with van der Waals surface area (Å²) in [5, 5.41) is 2.72. The SMILES string of the molecule is CC(C)CNS(=O)(=O)c1ccc2c(c1)[C@H](C)C(=O)N2. The van der Waals surface area contributed by atoms with Crippen molar-refractivity contribution in [3.8, 4) is 0 Å². The largest absolute Gasteiger partial charge is 0.325 e. The molecular weight excluding hydrogens is 264 g/mol. The van der Waals surface area contributed by atoms with E-state index in [-0.39, 0.29) is 22.6 Å². The fourth-order valence-corrected chi connectivity index (χ4v) is 3.17. The third-order valence-electron chi connectivity index (χ3n) is 3.13. The van der Waals surface area contributed by atoms with E-state index in [2.05, 4.69) is 10.0 Å². The fourth-order valence-electron chi connectivity index (χ4n) is 1.92. The van der Waals surface area contributed by atoms with Crippen LogP contribution in [0.25, 0.3) is 0 Å². The highest BCUT2D eigenvalue weighted by Crippen LogP contribution is 2.33. The Hall–Kier alpha value is -1.40. The van der Waals surface area contributed by atoms with Crippen molar-refractivity contribution >= 4 is 21.6 Å². The van der Waals surface area contributed by atoms with Crippen molar-refractivity contribution in [2.45, 2.75) is 31.6 Å². The molecule has 0 unspecified atom stereocenters. The molecule has 1 aliphatic heterocycles. The topological polar surface area (TPSA) is 75.3 Å². The molecule has 0 saturated carbocycles. The predicted octanol–water partition coefficient (Wildman–Crippen LogP) is 1.68. The van der Waals surface area contributed by atoms with Crippen LogP contribution < -0.4 is 10.0 Å². The van der Waals surface area contributed by atoms with E-state index in [0.717, 1.165) is 5.56 Å². The highest BCUT2D eigenvalue weighted by molar-refractivity contribution is 7.89. The number of amides is 1. The number of hydrogen-bond acceptors (Lipinski definition) is 3. The van der Waals surface area contributed by atoms with Gasteiger partial charge in [-0.05, 0) is 36.6 Å². The van der Waals surface area contributed by atoms with Crippen LogP contribution in [0.4, 0.5) is 5.69 Å². The highest BCUT2D eigenvalue weighted by atomic mass is 32.2. The minimum Gasteiger partial charge on any atom is -0.325 e. The van der Waals surface area contributed by atoms with E-state index in [1.54, 1.807) is 19.1 Å². The standard InChI is InChI=1S/C13H18N2O3S/c1-8(2)7-14-19(17,18)10-4-5-12-11(6-10)9(3)13(16)15-12/h4-6,8-9,14H,7H2,1-3H3,(H,15,16)/t9-/m0/s1. The molecule has 0 radical (unpaired) electrons. The maximum atomic E-state index is 12.1. The zero-order valence-corrected chi connectivity index (χ0v) is 12.0. The third-order valence-corrected chi connectivity index (χ3v) is 4.55. The maximum absolute atomic E-state index is 12.1. The molecule has 19 heavy (non-hydrogen) atoms. The highest BCUT2D eigenvalue weighted by Gasteiger charge is 2.28. The lowest BCUT2D eigenvalue weighted by Gasteiger charge is -2.10. The number of benzene rings is 1. The number of fused-ring (bicyclic) bond motifs is 1. The van der Waals surface area contributed by atoms with Gasteiger partial charge in [0.1, 0.15) is 0 Å². The Morgan fingerprint density at radius 2 is 2.05 bits per heavy atom. The van der Waals surface area contributed by atoms with E-state index in [0.29, 0.717) is 12.2 Å². The summed E-state index contributed by atoms with van der Waals surface area (Å²) in [4.78, 5) is 11.7. The van der Waals surface area contributed by atoms with Gasteiger partial charge in [-0.1, -0.05) is 13.8 Å². The molecule has 1 heterocycles. The molecule has 1 aromatic carbocycles. The van der Waals surface area contributed by atoms with Crippen molar-refractivity contribution < 1.29 is 13.2 Å². The normalized spacial score (nSPS) is 18.5. The summed E-state index contributed by atoms with van der Waals surface area (Å²) in [6.45, 7) is 6.04. The van der Waals surface area contributed by atoms with Crippen molar-refractivity contribution in [2.24, 2.45) is 5.92 Å². The van der Waals surface area contributed by atoms with Crippen molar-refractivity contribution in [3.05, 3.63) is 23.8 Å². The number of sulfonamides is 1. The average molecular weight is 282 g/mol. The number of rotatable bonds is 4. The molecule has 1 amide bonds. The van der Waals surface area contributed by atoms with E-state index >= 15 is 0 Å². The van der Waals surface area contributed by atoms with Gasteiger partial charge in [0.2, 0.25) is 15.9 Å². The van der Waals surface area contributed by atoms with Gasteiger partial charge < -0.3 is 5.32 Å². The lowest BCUT2D eigenvalue weighted by atomic mass is 10.0. The Labute approximate surface area is 113 Å². The maximum Gasteiger partial charge on any atom is 0.240 e. The van der Waals surface area contributed by atoms with Gasteiger partial charge in [-0.15, -0.1) is 0 Å². The van der Waals surface area contributed by atoms with Crippen LogP contribution >= 0.6 is 0 Å². The van der Waals surface area contributed by atoms with Gasteiger partial charge in [-0.2, -0.15) is 0 Å². The average Bonchev–Trinajstić information content (AvgIpc) is 2.63. The molecule has 0 fully saturated rings. The monoisotopic (exact) mass is 282 g/mol. The summed E-state index contributed by atoms with van der Waals surface area (Å²) in [5.41, 5.74) is 1.43. The summed E-state index contributed by atoms with van der Waals surface area (Å²) in [6, 6.07) is 4.72. The Morgan fingerprint density at radius 1 is 1.37 bits per heavy atom. The summed E-state index contributed by atoms with van der Waals surface area (Å²) in [6.07, 6.45) is 0. The van der Waals surface area contributed by atoms with Crippen LogP contribution in [0, 0.1) is 5.92 Å². The predicted molar refractivity (Wildman–Crippen MR) is 73.5 cm³/mol.